The number of hydrogen-bond donors (Lipinski definition) is 2. The molecule has 3 rings (SSSR count). The van der Waals surface area contributed by atoms with E-state index in [0.717, 1.165) is 37.3 Å². The van der Waals surface area contributed by atoms with E-state index in [9.17, 15) is 9.90 Å². The number of aliphatic hydroxyl groups excluding tert-OH is 1. The van der Waals surface area contributed by atoms with Crippen molar-refractivity contribution < 1.29 is 9.90 Å². The molecular formula is C17H26N4O2. The molecule has 0 spiro atoms. The third-order valence-corrected chi connectivity index (χ3v) is 4.95. The standard InChI is InChI=1S/C17H26N4O2/c1-11-12-4-3-5-14(12)20-16(19-11)6-8-18-17(23)13-10-21(2)9-7-15(13)22/h13,15,22H,3-10H2,1-2H3,(H,18,23)/t13-,15-/m1/s1. The molecule has 126 valence electrons. The average molecular weight is 318 g/mol. The van der Waals surface area contributed by atoms with E-state index in [1.54, 1.807) is 0 Å². The average Bonchev–Trinajstić information content (AvgIpc) is 2.98. The number of nitrogens with zero attached hydrogens (tertiary/aromatic N) is 3. The molecule has 0 bridgehead atoms. The van der Waals surface area contributed by atoms with Crippen LogP contribution in [0.4, 0.5) is 0 Å². The Balaban J connectivity index is 1.53. The molecule has 1 aromatic rings. The fourth-order valence-electron chi connectivity index (χ4n) is 3.58. The molecule has 2 atom stereocenters. The van der Waals surface area contributed by atoms with Gasteiger partial charge in [-0.2, -0.15) is 0 Å². The van der Waals surface area contributed by atoms with Crippen LogP contribution in [0.3, 0.4) is 0 Å². The number of nitrogens with one attached hydrogen (secondary N) is 1. The molecule has 0 radical (unpaired) electrons. The topological polar surface area (TPSA) is 78.4 Å². The third-order valence-electron chi connectivity index (χ3n) is 4.95. The van der Waals surface area contributed by atoms with Crippen LogP contribution >= 0.6 is 0 Å². The zero-order valence-electron chi connectivity index (χ0n) is 14.0. The SMILES string of the molecule is Cc1nc(CCNC(=O)[C@@H]2CN(C)CC[C@H]2O)nc2c1CCC2. The Labute approximate surface area is 137 Å². The lowest BCUT2D eigenvalue weighted by atomic mass is 9.94. The Morgan fingerprint density at radius 3 is 3.04 bits per heavy atom. The zero-order chi connectivity index (χ0) is 16.4. The molecule has 6 nitrogen and oxygen atoms in total. The van der Waals surface area contributed by atoms with E-state index in [-0.39, 0.29) is 11.8 Å². The second-order valence-corrected chi connectivity index (χ2v) is 6.77. The number of aromatic nitrogens is 2. The van der Waals surface area contributed by atoms with Gasteiger partial charge >= 0.3 is 0 Å². The number of carbonyl (C=O) groups excluding carboxylic acids is 1. The van der Waals surface area contributed by atoms with Crippen molar-refractivity contribution >= 4 is 5.91 Å². The van der Waals surface area contributed by atoms with Gasteiger partial charge in [-0.1, -0.05) is 0 Å². The van der Waals surface area contributed by atoms with Crippen molar-refractivity contribution in [3.05, 3.63) is 22.8 Å². The van der Waals surface area contributed by atoms with Gasteiger partial charge in [-0.05, 0) is 45.2 Å². The lowest BCUT2D eigenvalue weighted by molar-refractivity contribution is -0.131. The van der Waals surface area contributed by atoms with Gasteiger partial charge in [-0.25, -0.2) is 9.97 Å². The van der Waals surface area contributed by atoms with Crippen LogP contribution in [0.25, 0.3) is 0 Å². The van der Waals surface area contributed by atoms with Crippen LogP contribution < -0.4 is 5.32 Å². The normalized spacial score (nSPS) is 24.5. The monoisotopic (exact) mass is 318 g/mol. The second kappa shape index (κ2) is 6.93. The van der Waals surface area contributed by atoms with E-state index in [1.807, 2.05) is 14.0 Å². The molecule has 0 saturated carbocycles. The highest BCUT2D eigenvalue weighted by Crippen LogP contribution is 2.22. The van der Waals surface area contributed by atoms with Crippen molar-refractivity contribution in [2.75, 3.05) is 26.7 Å². The second-order valence-electron chi connectivity index (χ2n) is 6.77. The number of rotatable bonds is 4. The first kappa shape index (κ1) is 16.3. The highest BCUT2D eigenvalue weighted by atomic mass is 16.3. The number of amides is 1. The molecular weight excluding hydrogens is 292 g/mol. The summed E-state index contributed by atoms with van der Waals surface area (Å²) >= 11 is 0. The largest absolute Gasteiger partial charge is 0.392 e. The molecule has 1 aliphatic carbocycles. The molecule has 0 aromatic carbocycles. The van der Waals surface area contributed by atoms with Crippen LogP contribution in [0.2, 0.25) is 0 Å². The van der Waals surface area contributed by atoms with Crippen molar-refractivity contribution in [3.63, 3.8) is 0 Å². The van der Waals surface area contributed by atoms with E-state index in [2.05, 4.69) is 20.2 Å². The quantitative estimate of drug-likeness (QED) is 0.832. The fraction of sp³-hybridized carbons (Fsp3) is 0.706. The van der Waals surface area contributed by atoms with Crippen molar-refractivity contribution in [1.82, 2.24) is 20.2 Å². The molecule has 1 amide bonds. The van der Waals surface area contributed by atoms with Gasteiger partial charge in [0.1, 0.15) is 5.82 Å². The smallest absolute Gasteiger partial charge is 0.227 e. The van der Waals surface area contributed by atoms with E-state index < -0.39 is 6.10 Å². The number of aryl methyl sites for hydroxylation is 2. The van der Waals surface area contributed by atoms with Crippen molar-refractivity contribution in [2.24, 2.45) is 5.92 Å². The number of carbonyl (C=O) groups is 1. The Morgan fingerprint density at radius 1 is 1.39 bits per heavy atom. The van der Waals surface area contributed by atoms with Crippen molar-refractivity contribution in [1.29, 1.82) is 0 Å². The van der Waals surface area contributed by atoms with E-state index >= 15 is 0 Å². The molecule has 2 heterocycles. The molecule has 1 aliphatic heterocycles. The van der Waals surface area contributed by atoms with Gasteiger partial charge in [0.25, 0.3) is 0 Å². The van der Waals surface area contributed by atoms with Gasteiger partial charge in [0.15, 0.2) is 0 Å². The first-order chi connectivity index (χ1) is 11.0. The Morgan fingerprint density at radius 2 is 2.22 bits per heavy atom. The Hall–Kier alpha value is -1.53. The molecule has 1 aromatic heterocycles. The number of aliphatic hydroxyl groups is 1. The van der Waals surface area contributed by atoms with E-state index in [0.29, 0.717) is 25.9 Å². The Kier molecular flexibility index (Phi) is 4.92. The fourth-order valence-corrected chi connectivity index (χ4v) is 3.58. The predicted molar refractivity (Wildman–Crippen MR) is 87.1 cm³/mol. The summed E-state index contributed by atoms with van der Waals surface area (Å²) < 4.78 is 0. The van der Waals surface area contributed by atoms with E-state index in [1.165, 1.54) is 11.3 Å². The maximum Gasteiger partial charge on any atom is 0.227 e. The van der Waals surface area contributed by atoms with E-state index in [4.69, 9.17) is 0 Å². The number of fused-ring (bicyclic) bond motifs is 1. The summed E-state index contributed by atoms with van der Waals surface area (Å²) in [7, 11) is 1.98. The van der Waals surface area contributed by atoms with Crippen molar-refractivity contribution in [2.45, 2.75) is 45.1 Å². The number of hydrogen-bond acceptors (Lipinski definition) is 5. The third kappa shape index (κ3) is 3.70. The van der Waals surface area contributed by atoms with Crippen molar-refractivity contribution in [3.8, 4) is 0 Å². The minimum absolute atomic E-state index is 0.0677. The van der Waals surface area contributed by atoms with Gasteiger partial charge in [0.2, 0.25) is 5.91 Å². The summed E-state index contributed by atoms with van der Waals surface area (Å²) in [5.74, 6) is 0.406. The molecule has 2 N–H and O–H groups in total. The van der Waals surface area contributed by atoms with Crippen LogP contribution in [0.1, 0.15) is 35.6 Å². The van der Waals surface area contributed by atoms with Gasteiger partial charge in [-0.3, -0.25) is 4.79 Å². The van der Waals surface area contributed by atoms with Gasteiger partial charge < -0.3 is 15.3 Å². The minimum atomic E-state index is -0.537. The minimum Gasteiger partial charge on any atom is -0.392 e. The van der Waals surface area contributed by atoms with Crippen LogP contribution in [0.15, 0.2) is 0 Å². The molecule has 2 aliphatic rings. The van der Waals surface area contributed by atoms with Gasteiger partial charge in [0, 0.05) is 37.4 Å². The summed E-state index contributed by atoms with van der Waals surface area (Å²) in [6.45, 7) is 4.01. The maximum atomic E-state index is 12.3. The van der Waals surface area contributed by atoms with Gasteiger partial charge in [0.05, 0.1) is 12.0 Å². The van der Waals surface area contributed by atoms with Gasteiger partial charge in [-0.15, -0.1) is 0 Å². The summed E-state index contributed by atoms with van der Waals surface area (Å²) in [5, 5.41) is 12.9. The summed E-state index contributed by atoms with van der Waals surface area (Å²) in [6, 6.07) is 0. The first-order valence-electron chi connectivity index (χ1n) is 8.54. The highest BCUT2D eigenvalue weighted by molar-refractivity contribution is 5.79. The summed E-state index contributed by atoms with van der Waals surface area (Å²) in [6.07, 6.45) is 4.05. The van der Waals surface area contributed by atoms with Crippen LogP contribution in [0, 0.1) is 12.8 Å². The Bertz CT molecular complexity index is 590. The summed E-state index contributed by atoms with van der Waals surface area (Å²) in [4.78, 5) is 23.5. The molecule has 1 saturated heterocycles. The number of piperidine rings is 1. The predicted octanol–water partition coefficient (Wildman–Crippen LogP) is 0.245. The highest BCUT2D eigenvalue weighted by Gasteiger charge is 2.31. The van der Waals surface area contributed by atoms with Crippen LogP contribution in [0.5, 0.6) is 0 Å². The van der Waals surface area contributed by atoms with Crippen LogP contribution in [-0.2, 0) is 24.1 Å². The maximum absolute atomic E-state index is 12.3. The first-order valence-corrected chi connectivity index (χ1v) is 8.54. The molecule has 0 unspecified atom stereocenters. The molecule has 23 heavy (non-hydrogen) atoms. The number of likely N-dealkylation sites (tertiary alicyclic amines) is 1. The lowest BCUT2D eigenvalue weighted by Crippen LogP contribution is -2.49. The summed E-state index contributed by atoms with van der Waals surface area (Å²) in [5.41, 5.74) is 3.58. The molecule has 6 heteroatoms. The zero-order valence-corrected chi connectivity index (χ0v) is 14.0. The van der Waals surface area contributed by atoms with Crippen LogP contribution in [-0.4, -0.2) is 58.7 Å². The lowest BCUT2D eigenvalue weighted by Gasteiger charge is -2.32. The molecule has 1 fully saturated rings.